The molecule has 0 radical (unpaired) electrons. The van der Waals surface area contributed by atoms with E-state index in [1.807, 2.05) is 104 Å². The zero-order valence-corrected chi connectivity index (χ0v) is 94.2. The van der Waals surface area contributed by atoms with Crippen LogP contribution in [0.3, 0.4) is 0 Å². The topological polar surface area (TPSA) is 300 Å². The number of carbonyl (C=O) groups excluding carboxylic acids is 6. The predicted octanol–water partition coefficient (Wildman–Crippen LogP) is 29.3. The van der Waals surface area contributed by atoms with Gasteiger partial charge in [-0.15, -0.1) is 94.1 Å². The van der Waals surface area contributed by atoms with Crippen LogP contribution in [0.2, 0.25) is 0 Å². The molecule has 4 aliphatic carbocycles. The number of hydrogen-bond donors (Lipinski definition) is 0. The molecule has 0 saturated carbocycles. The fraction of sp³-hybridized carbons (Fsp3) is 0.604. The summed E-state index contributed by atoms with van der Waals surface area (Å²) in [5.74, 6) is -1.27. The van der Waals surface area contributed by atoms with Gasteiger partial charge in [0.05, 0.1) is 75.1 Å². The van der Waals surface area contributed by atoms with E-state index in [9.17, 15) is 28.8 Å². The molecule has 12 atom stereocenters. The molecule has 0 aromatic heterocycles. The maximum Gasteiger partial charge on any atom is 0.357 e. The number of unbranched alkanes of at least 4 members (excludes halogenated alkanes) is 14. The Morgan fingerprint density at radius 2 is 0.465 bits per heavy atom. The zero-order valence-electron chi connectivity index (χ0n) is 84.1. The normalized spacial score (nSPS) is 25.3. The van der Waals surface area contributed by atoms with Crippen LogP contribution in [0.1, 0.15) is 287 Å². The number of benzene rings is 4. The first-order chi connectivity index (χ1) is 68.3. The first-order valence-electron chi connectivity index (χ1n) is 50.7. The SMILES string of the molecule is C=C(C)C(=O)OCCOC(=O)c1ccc(CSC2(P(=O)(OCC)OCC)SC3(CCCCCCCCCCC45C=CC(C4)C(SCc4ccc(C(=O)OCCOC(=O)c6ccc(CSC7(P(=O)(OCC)OCC)SC8(CCCCCCCCCCC9%10C=CC(C9)C(SCc9ccc(C(=O)OCCOC(=O)C(=C)C)cc9)(P(=O)(OCC)OCC)S%10)C=CC7C8)cc6)cc4)(P(=O)(OCC)OCC)S5)C=CC2C3)cc1. The molecule has 782 valence electrons. The summed E-state index contributed by atoms with van der Waals surface area (Å²) in [6.07, 6.45) is 43.3. The van der Waals surface area contributed by atoms with E-state index in [0.717, 1.165) is 176 Å². The summed E-state index contributed by atoms with van der Waals surface area (Å²) in [6, 6.07) is 28.9. The number of allylic oxidation sites excluding steroid dienone is 4. The van der Waals surface area contributed by atoms with E-state index < -0.39 is 81.5 Å². The molecule has 4 saturated heterocycles. The van der Waals surface area contributed by atoms with Gasteiger partial charge < -0.3 is 64.6 Å². The summed E-state index contributed by atoms with van der Waals surface area (Å²) < 4.78 is 138. The second kappa shape index (κ2) is 54.0. The third-order valence-electron chi connectivity index (χ3n) is 26.8. The Morgan fingerprint density at radius 1 is 0.289 bits per heavy atom. The van der Waals surface area contributed by atoms with E-state index >= 15 is 18.3 Å². The smallest absolute Gasteiger partial charge is 0.357 e. The van der Waals surface area contributed by atoms with Crippen molar-refractivity contribution in [2.45, 2.75) is 281 Å². The molecule has 8 bridgehead atoms. The van der Waals surface area contributed by atoms with Crippen LogP contribution in [0.25, 0.3) is 0 Å². The summed E-state index contributed by atoms with van der Waals surface area (Å²) >= 11 is 13.5. The summed E-state index contributed by atoms with van der Waals surface area (Å²) in [5.41, 5.74) is 5.77. The van der Waals surface area contributed by atoms with E-state index in [1.165, 1.54) is 0 Å². The highest BCUT2D eigenvalue weighted by Crippen LogP contribution is 2.86. The quantitative estimate of drug-likeness (QED) is 0.00990. The second-order valence-corrected chi connectivity index (χ2v) is 61.0. The number of rotatable bonds is 69. The number of ether oxygens (including phenoxy) is 6. The standard InChI is InChI=1S/C106H146O24P4S8/c1-13-123-131(113,124-14-2)103(135-75-81-37-45-85(46-38-81)95(109)119-67-65-117-93(107)79(9)10)89-53-61-99(71-89,139-103)57-33-29-25-21-23-27-31-35-59-101-63-55-91(73-101)105(141-101,133(115,127-17-5)128-18-6)137-77-83-41-49-87(50-42-83)97(111)121-69-70-122-98(112)88-51-43-84(44-52-88)78-138-106(134(116,129-19-7)130-20-8)92-56-64-102(74-92,142-106)60-36-32-28-24-22-26-30-34-58-100-62-54-90(72-100)104(140-100,132(114,125-15-3)126-16-4)136-76-82-39-47-86(48-40-82)96(110)120-68-66-118-94(108)80(11)12/h37-56,61-64,89-92H,9,11,13-36,57-60,65-78H2,1-8,10,12H3. The molecule has 0 amide bonds. The molecule has 12 rings (SSSR count). The Morgan fingerprint density at radius 3 is 0.641 bits per heavy atom. The van der Waals surface area contributed by atoms with Crippen molar-refractivity contribution in [2.75, 3.05) is 92.5 Å². The van der Waals surface area contributed by atoms with Gasteiger partial charge in [0.15, 0.2) is 15.3 Å². The minimum Gasteiger partial charge on any atom is -0.459 e. The number of thioether (sulfide) groups is 8. The highest BCUT2D eigenvalue weighted by molar-refractivity contribution is 8.27. The van der Waals surface area contributed by atoms with Gasteiger partial charge in [0, 0.05) is 76.8 Å². The van der Waals surface area contributed by atoms with Gasteiger partial charge in [-0.3, -0.25) is 18.3 Å². The fourth-order valence-corrected chi connectivity index (χ4v) is 50.2. The lowest BCUT2D eigenvalue weighted by molar-refractivity contribution is -0.140. The Labute approximate surface area is 876 Å². The van der Waals surface area contributed by atoms with Gasteiger partial charge in [-0.25, -0.2) is 28.8 Å². The maximum atomic E-state index is 15.2. The van der Waals surface area contributed by atoms with Crippen LogP contribution in [-0.4, -0.2) is 163 Å². The van der Waals surface area contributed by atoms with Crippen LogP contribution in [-0.2, 0) is 115 Å². The Balaban J connectivity index is 0.537. The van der Waals surface area contributed by atoms with Crippen molar-refractivity contribution in [3.05, 3.63) is 214 Å². The lowest BCUT2D eigenvalue weighted by atomic mass is 9.96. The van der Waals surface area contributed by atoms with E-state index in [-0.39, 0.29) is 146 Å². The molecule has 36 heteroatoms. The van der Waals surface area contributed by atoms with Crippen molar-refractivity contribution in [3.8, 4) is 0 Å². The lowest BCUT2D eigenvalue weighted by Gasteiger charge is -2.40. The number of esters is 6. The molecule has 24 nitrogen and oxygen atoms in total. The molecule has 4 heterocycles. The van der Waals surface area contributed by atoms with Crippen molar-refractivity contribution >= 4 is 160 Å². The van der Waals surface area contributed by atoms with Crippen molar-refractivity contribution in [3.63, 3.8) is 0 Å². The van der Waals surface area contributed by atoms with Gasteiger partial charge in [-0.2, -0.15) is 0 Å². The lowest BCUT2D eigenvalue weighted by Crippen LogP contribution is -2.30. The molecular weight excluding hydrogens is 2040 g/mol. The van der Waals surface area contributed by atoms with Gasteiger partial charge in [-0.1, -0.05) is 213 Å². The van der Waals surface area contributed by atoms with Crippen LogP contribution >= 0.6 is 124 Å². The molecule has 4 aromatic rings. The molecule has 8 aliphatic rings. The van der Waals surface area contributed by atoms with Crippen molar-refractivity contribution in [1.82, 2.24) is 0 Å². The molecule has 4 fully saturated rings. The van der Waals surface area contributed by atoms with Gasteiger partial charge >= 0.3 is 66.2 Å². The van der Waals surface area contributed by atoms with E-state index in [2.05, 4.69) is 61.8 Å². The average Bonchev–Trinajstić information content (AvgIpc) is 1.57. The van der Waals surface area contributed by atoms with Gasteiger partial charge in [-0.05, 0) is 191 Å². The minimum absolute atomic E-state index is 0.0124. The highest BCUT2D eigenvalue weighted by Gasteiger charge is 2.71. The number of carbonyl (C=O) groups is 6. The van der Waals surface area contributed by atoms with Gasteiger partial charge in [0.2, 0.25) is 0 Å². The van der Waals surface area contributed by atoms with Crippen molar-refractivity contribution in [2.24, 2.45) is 23.7 Å². The van der Waals surface area contributed by atoms with Gasteiger partial charge in [0.1, 0.15) is 39.6 Å². The summed E-state index contributed by atoms with van der Waals surface area (Å²) in [6.45, 7) is 26.5. The molecule has 4 aromatic carbocycles. The molecule has 12 unspecified atom stereocenters. The van der Waals surface area contributed by atoms with Crippen LogP contribution in [0.15, 0.2) is 170 Å². The van der Waals surface area contributed by atoms with Crippen molar-refractivity contribution in [1.29, 1.82) is 0 Å². The fourth-order valence-electron chi connectivity index (χ4n) is 19.9. The molecule has 4 aliphatic heterocycles. The Bertz CT molecular complexity index is 4900. The first-order valence-corrected chi connectivity index (χ1v) is 64.1. The Kier molecular flexibility index (Phi) is 44.2. The number of hydrogen-bond acceptors (Lipinski definition) is 32. The molecule has 142 heavy (non-hydrogen) atoms. The first kappa shape index (κ1) is 116. The summed E-state index contributed by atoms with van der Waals surface area (Å²) in [7, 11) is -14.6. The maximum absolute atomic E-state index is 15.2. The van der Waals surface area contributed by atoms with Crippen LogP contribution in [0, 0.1) is 23.7 Å². The Hall–Kier alpha value is -4.46. The van der Waals surface area contributed by atoms with Crippen LogP contribution in [0.4, 0.5) is 0 Å². The van der Waals surface area contributed by atoms with Crippen LogP contribution < -0.4 is 0 Å². The molecule has 0 N–H and O–H groups in total. The zero-order chi connectivity index (χ0) is 102. The average molecular weight is 2180 g/mol. The van der Waals surface area contributed by atoms with Crippen LogP contribution in [0.5, 0.6) is 0 Å². The largest absolute Gasteiger partial charge is 0.459 e. The number of fused-ring (bicyclic) bond motifs is 8. The third-order valence-corrected chi connectivity index (χ3v) is 57.2. The molecular formula is C106H146O24P4S8. The monoisotopic (exact) mass is 2180 g/mol. The van der Waals surface area contributed by atoms with E-state index in [4.69, 9.17) is 64.6 Å². The van der Waals surface area contributed by atoms with E-state index in [0.29, 0.717) is 45.3 Å². The predicted molar refractivity (Wildman–Crippen MR) is 581 cm³/mol. The summed E-state index contributed by atoms with van der Waals surface area (Å²) in [5, 5.41) is 0. The summed E-state index contributed by atoms with van der Waals surface area (Å²) in [4.78, 5) is 75.9. The van der Waals surface area contributed by atoms with Gasteiger partial charge in [0.25, 0.3) is 0 Å². The second-order valence-electron chi connectivity index (χ2n) is 37.2. The minimum atomic E-state index is -3.68. The van der Waals surface area contributed by atoms with E-state index in [1.54, 1.807) is 156 Å². The molecule has 0 spiro atoms. The van der Waals surface area contributed by atoms with Crippen molar-refractivity contribution < 1.29 is 112 Å². The third kappa shape index (κ3) is 28.3. The highest BCUT2D eigenvalue weighted by atomic mass is 32.2.